The highest BCUT2D eigenvalue weighted by Gasteiger charge is 2.10. The normalized spacial score (nSPS) is 10.4. The van der Waals surface area contributed by atoms with Crippen LogP contribution in [0.2, 0.25) is 0 Å². The lowest BCUT2D eigenvalue weighted by atomic mass is 10.1. The van der Waals surface area contributed by atoms with E-state index in [1.807, 2.05) is 36.5 Å². The van der Waals surface area contributed by atoms with Gasteiger partial charge in [-0.05, 0) is 43.2 Å². The van der Waals surface area contributed by atoms with Crippen LogP contribution in [0.3, 0.4) is 0 Å². The summed E-state index contributed by atoms with van der Waals surface area (Å²) in [5, 5.41) is 7.14. The molecule has 0 bridgehead atoms. The fourth-order valence-electron chi connectivity index (χ4n) is 2.58. The standard InChI is InChI=1S/C20H19N3O2/c1-15(24)18-9-5-6-10-19(18)22-20(25)12-11-16-13-21-23(14-16)17-7-3-2-4-8-17/h2-10,13-14H,11-12H2,1H3,(H,22,25). The molecule has 0 aliphatic rings. The Morgan fingerprint density at radius 3 is 2.52 bits per heavy atom. The number of hydrogen-bond acceptors (Lipinski definition) is 3. The number of aromatic nitrogens is 2. The smallest absolute Gasteiger partial charge is 0.224 e. The molecule has 3 aromatic rings. The van der Waals surface area contributed by atoms with E-state index in [1.54, 1.807) is 35.1 Å². The van der Waals surface area contributed by atoms with Crippen molar-refractivity contribution in [3.8, 4) is 5.69 Å². The summed E-state index contributed by atoms with van der Waals surface area (Å²) in [6.45, 7) is 1.49. The fourth-order valence-corrected chi connectivity index (χ4v) is 2.58. The van der Waals surface area contributed by atoms with E-state index in [2.05, 4.69) is 10.4 Å². The Kier molecular flexibility index (Phi) is 5.04. The lowest BCUT2D eigenvalue weighted by Gasteiger charge is -2.08. The van der Waals surface area contributed by atoms with Gasteiger partial charge in [0.2, 0.25) is 5.91 Å². The number of nitrogens with zero attached hydrogens (tertiary/aromatic N) is 2. The third kappa shape index (κ3) is 4.20. The first-order chi connectivity index (χ1) is 12.1. The molecule has 0 atom stereocenters. The zero-order valence-electron chi connectivity index (χ0n) is 14.0. The van der Waals surface area contributed by atoms with E-state index in [9.17, 15) is 9.59 Å². The molecule has 1 amide bonds. The van der Waals surface area contributed by atoms with Crippen LogP contribution in [0.1, 0.15) is 29.3 Å². The Morgan fingerprint density at radius 1 is 1.04 bits per heavy atom. The molecule has 0 unspecified atom stereocenters. The van der Waals surface area contributed by atoms with Crippen molar-refractivity contribution < 1.29 is 9.59 Å². The molecule has 5 heteroatoms. The van der Waals surface area contributed by atoms with Crippen LogP contribution < -0.4 is 5.32 Å². The van der Waals surface area contributed by atoms with E-state index in [-0.39, 0.29) is 11.7 Å². The molecule has 0 saturated carbocycles. The molecule has 1 aromatic heterocycles. The van der Waals surface area contributed by atoms with Crippen LogP contribution in [0.4, 0.5) is 5.69 Å². The van der Waals surface area contributed by atoms with Gasteiger partial charge in [-0.25, -0.2) is 4.68 Å². The van der Waals surface area contributed by atoms with Crippen molar-refractivity contribution in [3.05, 3.63) is 78.1 Å². The van der Waals surface area contributed by atoms with Crippen molar-refractivity contribution in [3.63, 3.8) is 0 Å². The van der Waals surface area contributed by atoms with Crippen molar-refractivity contribution >= 4 is 17.4 Å². The van der Waals surface area contributed by atoms with E-state index in [0.717, 1.165) is 11.3 Å². The molecule has 1 N–H and O–H groups in total. The molecule has 0 aliphatic carbocycles. The van der Waals surface area contributed by atoms with Gasteiger partial charge in [0.1, 0.15) is 0 Å². The molecule has 5 nitrogen and oxygen atoms in total. The lowest BCUT2D eigenvalue weighted by Crippen LogP contribution is -2.14. The largest absolute Gasteiger partial charge is 0.325 e. The van der Waals surface area contributed by atoms with Gasteiger partial charge in [0.15, 0.2) is 5.78 Å². The number of rotatable bonds is 6. The van der Waals surface area contributed by atoms with Crippen LogP contribution in [0.15, 0.2) is 67.0 Å². The Labute approximate surface area is 146 Å². The Bertz CT molecular complexity index is 885. The summed E-state index contributed by atoms with van der Waals surface area (Å²) in [7, 11) is 0. The number of carbonyl (C=O) groups excluding carboxylic acids is 2. The summed E-state index contributed by atoms with van der Waals surface area (Å²) in [4.78, 5) is 23.8. The summed E-state index contributed by atoms with van der Waals surface area (Å²) in [6, 6.07) is 16.8. The maximum Gasteiger partial charge on any atom is 0.224 e. The van der Waals surface area contributed by atoms with Crippen LogP contribution in [0.5, 0.6) is 0 Å². The van der Waals surface area contributed by atoms with Gasteiger partial charge in [-0.1, -0.05) is 30.3 Å². The molecule has 1 heterocycles. The second-order valence-corrected chi connectivity index (χ2v) is 5.78. The number of para-hydroxylation sites is 2. The van der Waals surface area contributed by atoms with E-state index in [1.165, 1.54) is 6.92 Å². The van der Waals surface area contributed by atoms with E-state index in [0.29, 0.717) is 24.1 Å². The molecular formula is C20H19N3O2. The quantitative estimate of drug-likeness (QED) is 0.700. The number of hydrogen-bond donors (Lipinski definition) is 1. The minimum Gasteiger partial charge on any atom is -0.325 e. The highest BCUT2D eigenvalue weighted by Crippen LogP contribution is 2.16. The Morgan fingerprint density at radius 2 is 1.76 bits per heavy atom. The first kappa shape index (κ1) is 16.6. The van der Waals surface area contributed by atoms with Gasteiger partial charge in [-0.3, -0.25) is 9.59 Å². The summed E-state index contributed by atoms with van der Waals surface area (Å²) in [5.74, 6) is -0.193. The van der Waals surface area contributed by atoms with E-state index < -0.39 is 0 Å². The van der Waals surface area contributed by atoms with Crippen molar-refractivity contribution in [2.24, 2.45) is 0 Å². The van der Waals surface area contributed by atoms with Crippen molar-refractivity contribution in [2.75, 3.05) is 5.32 Å². The van der Waals surface area contributed by atoms with Crippen molar-refractivity contribution in [1.82, 2.24) is 9.78 Å². The molecule has 3 rings (SSSR count). The number of anilines is 1. The van der Waals surface area contributed by atoms with Crippen LogP contribution in [0.25, 0.3) is 5.69 Å². The Balaban J connectivity index is 1.60. The van der Waals surface area contributed by atoms with Gasteiger partial charge >= 0.3 is 0 Å². The minimum atomic E-state index is -0.124. The molecule has 126 valence electrons. The Hall–Kier alpha value is -3.21. The monoisotopic (exact) mass is 333 g/mol. The molecule has 2 aromatic carbocycles. The highest BCUT2D eigenvalue weighted by atomic mass is 16.1. The maximum absolute atomic E-state index is 12.2. The zero-order valence-corrected chi connectivity index (χ0v) is 14.0. The molecule has 0 radical (unpaired) electrons. The molecule has 0 fully saturated rings. The number of aryl methyl sites for hydroxylation is 1. The summed E-state index contributed by atoms with van der Waals surface area (Å²) in [5.41, 5.74) is 3.04. The molecule has 0 spiro atoms. The van der Waals surface area contributed by atoms with Crippen LogP contribution >= 0.6 is 0 Å². The summed E-state index contributed by atoms with van der Waals surface area (Å²) in [6.07, 6.45) is 4.60. The maximum atomic E-state index is 12.2. The first-order valence-electron chi connectivity index (χ1n) is 8.12. The SMILES string of the molecule is CC(=O)c1ccccc1NC(=O)CCc1cnn(-c2ccccc2)c1. The first-order valence-corrected chi connectivity index (χ1v) is 8.12. The number of ketones is 1. The third-order valence-electron chi connectivity index (χ3n) is 3.88. The molecule has 25 heavy (non-hydrogen) atoms. The number of carbonyl (C=O) groups is 2. The molecular weight excluding hydrogens is 314 g/mol. The van der Waals surface area contributed by atoms with Gasteiger partial charge in [0, 0.05) is 18.2 Å². The van der Waals surface area contributed by atoms with Gasteiger partial charge < -0.3 is 5.32 Å². The number of Topliss-reactive ketones (excluding diaryl/α,β-unsaturated/α-hetero) is 1. The average Bonchev–Trinajstić information content (AvgIpc) is 3.10. The number of nitrogens with one attached hydrogen (secondary N) is 1. The van der Waals surface area contributed by atoms with Gasteiger partial charge in [0.05, 0.1) is 17.6 Å². The van der Waals surface area contributed by atoms with Crippen LogP contribution in [0, 0.1) is 0 Å². The summed E-state index contributed by atoms with van der Waals surface area (Å²) < 4.78 is 1.79. The van der Waals surface area contributed by atoms with Gasteiger partial charge in [-0.15, -0.1) is 0 Å². The number of amides is 1. The van der Waals surface area contributed by atoms with E-state index >= 15 is 0 Å². The van der Waals surface area contributed by atoms with Gasteiger partial charge in [-0.2, -0.15) is 5.10 Å². The van der Waals surface area contributed by atoms with Crippen molar-refractivity contribution in [2.45, 2.75) is 19.8 Å². The predicted molar refractivity (Wildman–Crippen MR) is 97.0 cm³/mol. The second-order valence-electron chi connectivity index (χ2n) is 5.78. The molecule has 0 saturated heterocycles. The predicted octanol–water partition coefficient (Wildman–Crippen LogP) is 3.65. The minimum absolute atomic E-state index is 0.0694. The second kappa shape index (κ2) is 7.57. The lowest BCUT2D eigenvalue weighted by molar-refractivity contribution is -0.116. The highest BCUT2D eigenvalue weighted by molar-refractivity contribution is 6.03. The van der Waals surface area contributed by atoms with Crippen molar-refractivity contribution in [1.29, 1.82) is 0 Å². The topological polar surface area (TPSA) is 64.0 Å². The van der Waals surface area contributed by atoms with Gasteiger partial charge in [0.25, 0.3) is 0 Å². The number of benzene rings is 2. The van der Waals surface area contributed by atoms with Crippen LogP contribution in [-0.2, 0) is 11.2 Å². The zero-order chi connectivity index (χ0) is 17.6. The average molecular weight is 333 g/mol. The third-order valence-corrected chi connectivity index (χ3v) is 3.88. The van der Waals surface area contributed by atoms with E-state index in [4.69, 9.17) is 0 Å². The molecule has 0 aliphatic heterocycles. The fraction of sp³-hybridized carbons (Fsp3) is 0.150. The summed E-state index contributed by atoms with van der Waals surface area (Å²) >= 11 is 0. The van der Waals surface area contributed by atoms with Crippen LogP contribution in [-0.4, -0.2) is 21.5 Å².